The van der Waals surface area contributed by atoms with E-state index in [0.29, 0.717) is 11.7 Å². The van der Waals surface area contributed by atoms with Gasteiger partial charge in [-0.05, 0) is 51.7 Å². The summed E-state index contributed by atoms with van der Waals surface area (Å²) in [4.78, 5) is 9.73. The number of piperidine rings is 1. The molecule has 0 aliphatic carbocycles. The number of hydrogen-bond acceptors (Lipinski definition) is 6. The second-order valence-corrected chi connectivity index (χ2v) is 8.17. The van der Waals surface area contributed by atoms with E-state index in [4.69, 9.17) is 9.26 Å². The summed E-state index contributed by atoms with van der Waals surface area (Å²) < 4.78 is 11.7. The minimum Gasteiger partial charge on any atom is -0.362 e. The molecule has 0 radical (unpaired) electrons. The SMILES string of the molecule is Cc1noc([C@@H]2CCC3(CCN(Cc4ccc(C)s4)CC3)O2)n1. The minimum absolute atomic E-state index is 0.0114. The molecule has 23 heavy (non-hydrogen) atoms. The van der Waals surface area contributed by atoms with Gasteiger partial charge in [-0.1, -0.05) is 5.16 Å². The number of hydrogen-bond donors (Lipinski definition) is 0. The highest BCUT2D eigenvalue weighted by Gasteiger charge is 2.44. The summed E-state index contributed by atoms with van der Waals surface area (Å²) in [6.07, 6.45) is 4.28. The van der Waals surface area contributed by atoms with Crippen LogP contribution in [-0.2, 0) is 11.3 Å². The van der Waals surface area contributed by atoms with E-state index in [0.717, 1.165) is 45.3 Å². The van der Waals surface area contributed by atoms with Crippen molar-refractivity contribution in [2.24, 2.45) is 0 Å². The third-order valence-electron chi connectivity index (χ3n) is 5.02. The van der Waals surface area contributed by atoms with Gasteiger partial charge in [-0.25, -0.2) is 0 Å². The zero-order valence-corrected chi connectivity index (χ0v) is 14.6. The molecule has 0 bridgehead atoms. The molecule has 2 fully saturated rings. The number of rotatable bonds is 3. The number of thiophene rings is 1. The summed E-state index contributed by atoms with van der Waals surface area (Å²) in [7, 11) is 0. The number of ether oxygens (including phenoxy) is 1. The highest BCUT2D eigenvalue weighted by Crippen LogP contribution is 2.44. The van der Waals surface area contributed by atoms with E-state index in [1.165, 1.54) is 9.75 Å². The molecule has 4 rings (SSSR count). The van der Waals surface area contributed by atoms with Crippen LogP contribution in [0.5, 0.6) is 0 Å². The van der Waals surface area contributed by atoms with E-state index >= 15 is 0 Å². The topological polar surface area (TPSA) is 51.4 Å². The summed E-state index contributed by atoms with van der Waals surface area (Å²) in [5.74, 6) is 1.33. The highest BCUT2D eigenvalue weighted by molar-refractivity contribution is 7.11. The Kier molecular flexibility index (Phi) is 3.99. The van der Waals surface area contributed by atoms with Gasteiger partial charge in [0.2, 0.25) is 0 Å². The first-order chi connectivity index (χ1) is 11.1. The minimum atomic E-state index is -0.0114. The Labute approximate surface area is 140 Å². The summed E-state index contributed by atoms with van der Waals surface area (Å²) >= 11 is 1.90. The molecule has 0 unspecified atom stereocenters. The Hall–Kier alpha value is -1.24. The molecular weight excluding hydrogens is 310 g/mol. The van der Waals surface area contributed by atoms with Gasteiger partial charge < -0.3 is 9.26 Å². The van der Waals surface area contributed by atoms with Crippen LogP contribution in [0.1, 0.15) is 53.3 Å². The Morgan fingerprint density at radius 3 is 2.74 bits per heavy atom. The van der Waals surface area contributed by atoms with E-state index < -0.39 is 0 Å². The zero-order chi connectivity index (χ0) is 15.9. The molecule has 5 nitrogen and oxygen atoms in total. The Balaban J connectivity index is 1.34. The Bertz CT molecular complexity index is 673. The predicted molar refractivity (Wildman–Crippen MR) is 88.4 cm³/mol. The van der Waals surface area contributed by atoms with Crippen molar-refractivity contribution in [1.82, 2.24) is 15.0 Å². The molecule has 0 aromatic carbocycles. The zero-order valence-electron chi connectivity index (χ0n) is 13.7. The van der Waals surface area contributed by atoms with Crippen molar-refractivity contribution >= 4 is 11.3 Å². The highest BCUT2D eigenvalue weighted by atomic mass is 32.1. The van der Waals surface area contributed by atoms with Crippen molar-refractivity contribution in [2.75, 3.05) is 13.1 Å². The van der Waals surface area contributed by atoms with E-state index in [1.54, 1.807) is 0 Å². The van der Waals surface area contributed by atoms with E-state index in [-0.39, 0.29) is 11.7 Å². The van der Waals surface area contributed by atoms with Gasteiger partial charge in [0.15, 0.2) is 5.82 Å². The molecule has 0 saturated carbocycles. The van der Waals surface area contributed by atoms with Gasteiger partial charge >= 0.3 is 0 Å². The lowest BCUT2D eigenvalue weighted by Gasteiger charge is -2.38. The van der Waals surface area contributed by atoms with Crippen LogP contribution < -0.4 is 0 Å². The maximum atomic E-state index is 6.37. The van der Waals surface area contributed by atoms with Crippen LogP contribution in [0.15, 0.2) is 16.7 Å². The molecule has 2 aromatic heterocycles. The average Bonchev–Trinajstić information content (AvgIpc) is 3.24. The maximum absolute atomic E-state index is 6.37. The van der Waals surface area contributed by atoms with Gasteiger partial charge in [-0.15, -0.1) is 11.3 Å². The maximum Gasteiger partial charge on any atom is 0.255 e. The molecule has 4 heterocycles. The van der Waals surface area contributed by atoms with Crippen molar-refractivity contribution in [1.29, 1.82) is 0 Å². The van der Waals surface area contributed by atoms with Crippen molar-refractivity contribution < 1.29 is 9.26 Å². The van der Waals surface area contributed by atoms with Crippen LogP contribution in [0, 0.1) is 13.8 Å². The van der Waals surface area contributed by atoms with Gasteiger partial charge in [0.05, 0.1) is 5.60 Å². The van der Waals surface area contributed by atoms with Crippen molar-refractivity contribution in [3.63, 3.8) is 0 Å². The number of likely N-dealkylation sites (tertiary alicyclic amines) is 1. The standard InChI is InChI=1S/C17H23N3O2S/c1-12-3-4-14(23-12)11-20-9-7-17(8-10-20)6-5-15(21-17)16-18-13(2)19-22-16/h3-4,15H,5-11H2,1-2H3/t15-/m0/s1. The van der Waals surface area contributed by atoms with Crippen LogP contribution in [0.4, 0.5) is 0 Å². The Morgan fingerprint density at radius 2 is 2.09 bits per heavy atom. The molecular formula is C17H23N3O2S. The van der Waals surface area contributed by atoms with Crippen molar-refractivity contribution in [3.8, 4) is 0 Å². The van der Waals surface area contributed by atoms with Crippen molar-refractivity contribution in [2.45, 2.75) is 57.8 Å². The van der Waals surface area contributed by atoms with Gasteiger partial charge in [0, 0.05) is 29.4 Å². The normalized spacial score (nSPS) is 24.5. The monoisotopic (exact) mass is 333 g/mol. The van der Waals surface area contributed by atoms with Gasteiger partial charge in [-0.2, -0.15) is 4.98 Å². The first-order valence-electron chi connectivity index (χ1n) is 8.38. The van der Waals surface area contributed by atoms with Crippen LogP contribution >= 0.6 is 11.3 Å². The number of aryl methyl sites for hydroxylation is 2. The molecule has 2 saturated heterocycles. The fraction of sp³-hybridized carbons (Fsp3) is 0.647. The molecule has 1 spiro atoms. The van der Waals surface area contributed by atoms with Crippen LogP contribution in [0.3, 0.4) is 0 Å². The third-order valence-corrected chi connectivity index (χ3v) is 6.00. The van der Waals surface area contributed by atoms with Gasteiger partial charge in [-0.3, -0.25) is 4.90 Å². The third kappa shape index (κ3) is 3.20. The molecule has 0 N–H and O–H groups in total. The lowest BCUT2D eigenvalue weighted by atomic mass is 9.88. The van der Waals surface area contributed by atoms with Gasteiger partial charge in [0.1, 0.15) is 6.10 Å². The van der Waals surface area contributed by atoms with Crippen LogP contribution in [-0.4, -0.2) is 33.7 Å². The Morgan fingerprint density at radius 1 is 1.26 bits per heavy atom. The molecule has 0 amide bonds. The predicted octanol–water partition coefficient (Wildman–Crippen LogP) is 3.63. The lowest BCUT2D eigenvalue weighted by molar-refractivity contribution is -0.0868. The van der Waals surface area contributed by atoms with Crippen LogP contribution in [0.2, 0.25) is 0 Å². The number of nitrogens with zero attached hydrogens (tertiary/aromatic N) is 3. The smallest absolute Gasteiger partial charge is 0.255 e. The molecule has 2 aliphatic heterocycles. The van der Waals surface area contributed by atoms with E-state index in [2.05, 4.69) is 34.1 Å². The van der Waals surface area contributed by atoms with E-state index in [9.17, 15) is 0 Å². The second-order valence-electron chi connectivity index (χ2n) is 6.80. The average molecular weight is 333 g/mol. The molecule has 124 valence electrons. The summed E-state index contributed by atoms with van der Waals surface area (Å²) in [6.45, 7) is 7.30. The molecule has 2 aromatic rings. The van der Waals surface area contributed by atoms with E-state index in [1.807, 2.05) is 18.3 Å². The second kappa shape index (κ2) is 6.00. The summed E-state index contributed by atoms with van der Waals surface area (Å²) in [5.41, 5.74) is 0.0227. The van der Waals surface area contributed by atoms with Gasteiger partial charge in [0.25, 0.3) is 5.89 Å². The fourth-order valence-corrected chi connectivity index (χ4v) is 4.64. The first-order valence-corrected chi connectivity index (χ1v) is 9.19. The molecule has 6 heteroatoms. The number of aromatic nitrogens is 2. The largest absolute Gasteiger partial charge is 0.362 e. The lowest BCUT2D eigenvalue weighted by Crippen LogP contribution is -2.43. The van der Waals surface area contributed by atoms with Crippen molar-refractivity contribution in [3.05, 3.63) is 33.6 Å². The summed E-state index contributed by atoms with van der Waals surface area (Å²) in [6, 6.07) is 4.47. The molecule has 1 atom stereocenters. The van der Waals surface area contributed by atoms with Crippen LogP contribution in [0.25, 0.3) is 0 Å². The first kappa shape index (κ1) is 15.3. The quantitative estimate of drug-likeness (QED) is 0.858. The fourth-order valence-electron chi connectivity index (χ4n) is 3.71. The molecule has 2 aliphatic rings. The summed E-state index contributed by atoms with van der Waals surface area (Å²) in [5, 5.41) is 3.88.